The zero-order valence-electron chi connectivity index (χ0n) is 9.94. The highest BCUT2D eigenvalue weighted by Gasteiger charge is 2.25. The fraction of sp³-hybridized carbons (Fsp3) is 1.00. The predicted molar refractivity (Wildman–Crippen MR) is 56.0 cm³/mol. The van der Waals surface area contributed by atoms with Crippen LogP contribution in [0.15, 0.2) is 0 Å². The first-order valence-corrected chi connectivity index (χ1v) is 4.96. The van der Waals surface area contributed by atoms with Crippen LogP contribution in [0.25, 0.3) is 0 Å². The molecule has 0 bridgehead atoms. The average molecular weight is 188 g/mol. The molecule has 0 radical (unpaired) electrons. The van der Waals surface area contributed by atoms with Crippen molar-refractivity contribution in [3.05, 3.63) is 0 Å². The first-order valence-electron chi connectivity index (χ1n) is 4.96. The highest BCUT2D eigenvalue weighted by molar-refractivity contribution is 4.73. The van der Waals surface area contributed by atoms with Crippen molar-refractivity contribution in [2.24, 2.45) is 5.41 Å². The van der Waals surface area contributed by atoms with Crippen LogP contribution < -0.4 is 0 Å². The lowest BCUT2D eigenvalue weighted by molar-refractivity contribution is -0.0684. The third kappa shape index (κ3) is 6.05. The molecule has 2 heteroatoms. The van der Waals surface area contributed by atoms with Gasteiger partial charge in [-0.15, -0.1) is 0 Å². The van der Waals surface area contributed by atoms with Crippen molar-refractivity contribution in [3.63, 3.8) is 0 Å². The van der Waals surface area contributed by atoms with E-state index in [0.717, 1.165) is 19.6 Å². The summed E-state index contributed by atoms with van der Waals surface area (Å²) in [6.45, 7) is 12.1. The molecular formula is C11H24O2. The van der Waals surface area contributed by atoms with Gasteiger partial charge in [-0.25, -0.2) is 0 Å². The van der Waals surface area contributed by atoms with Gasteiger partial charge in [0.15, 0.2) is 0 Å². The monoisotopic (exact) mass is 188 g/mol. The molecule has 0 aromatic heterocycles. The van der Waals surface area contributed by atoms with Crippen molar-refractivity contribution in [1.29, 1.82) is 0 Å². The Bertz CT molecular complexity index is 138. The molecule has 0 fully saturated rings. The molecule has 0 rings (SSSR count). The summed E-state index contributed by atoms with van der Waals surface area (Å²) in [5.74, 6) is 0. The van der Waals surface area contributed by atoms with Crippen LogP contribution in [0.4, 0.5) is 0 Å². The van der Waals surface area contributed by atoms with E-state index in [9.17, 15) is 0 Å². The largest absolute Gasteiger partial charge is 0.384 e. The van der Waals surface area contributed by atoms with Crippen LogP contribution in [0.5, 0.6) is 0 Å². The molecule has 0 amide bonds. The molecule has 0 aliphatic rings. The molecule has 0 saturated heterocycles. The van der Waals surface area contributed by atoms with Crippen molar-refractivity contribution in [3.8, 4) is 0 Å². The minimum Gasteiger partial charge on any atom is -0.384 e. The predicted octanol–water partition coefficient (Wildman–Crippen LogP) is 2.86. The molecule has 0 heterocycles. The average Bonchev–Trinajstić information content (AvgIpc) is 2.01. The quantitative estimate of drug-likeness (QED) is 0.660. The van der Waals surface area contributed by atoms with Gasteiger partial charge in [-0.1, -0.05) is 13.8 Å². The first kappa shape index (κ1) is 12.9. The summed E-state index contributed by atoms with van der Waals surface area (Å²) in [4.78, 5) is 0. The van der Waals surface area contributed by atoms with Gasteiger partial charge in [-0.3, -0.25) is 0 Å². The molecule has 0 N–H and O–H groups in total. The molecule has 1 unspecified atom stereocenters. The third-order valence-electron chi connectivity index (χ3n) is 2.20. The summed E-state index contributed by atoms with van der Waals surface area (Å²) >= 11 is 0. The lowest BCUT2D eigenvalue weighted by Crippen LogP contribution is -2.32. The molecule has 0 saturated carbocycles. The van der Waals surface area contributed by atoms with Gasteiger partial charge >= 0.3 is 0 Å². The highest BCUT2D eigenvalue weighted by Crippen LogP contribution is 2.24. The standard InChI is InChI=1S/C11H24O2/c1-7-11(5,8-12-6)9-13-10(2,3)4/h7-9H2,1-6H3. The van der Waals surface area contributed by atoms with Crippen LogP contribution >= 0.6 is 0 Å². The maximum atomic E-state index is 5.76. The second kappa shape index (κ2) is 4.97. The number of methoxy groups -OCH3 is 1. The van der Waals surface area contributed by atoms with Crippen LogP contribution in [0, 0.1) is 5.41 Å². The normalized spacial score (nSPS) is 17.1. The molecule has 0 aliphatic carbocycles. The minimum atomic E-state index is -0.0514. The Morgan fingerprint density at radius 2 is 1.54 bits per heavy atom. The third-order valence-corrected chi connectivity index (χ3v) is 2.20. The van der Waals surface area contributed by atoms with E-state index in [0.29, 0.717) is 0 Å². The van der Waals surface area contributed by atoms with Gasteiger partial charge in [0.25, 0.3) is 0 Å². The van der Waals surface area contributed by atoms with Gasteiger partial charge in [0, 0.05) is 12.5 Å². The Morgan fingerprint density at radius 3 is 1.85 bits per heavy atom. The smallest absolute Gasteiger partial charge is 0.0598 e. The molecular weight excluding hydrogens is 164 g/mol. The number of hydrogen-bond donors (Lipinski definition) is 0. The summed E-state index contributed by atoms with van der Waals surface area (Å²) in [5.41, 5.74) is 0.103. The van der Waals surface area contributed by atoms with Gasteiger partial charge in [-0.05, 0) is 27.2 Å². The maximum Gasteiger partial charge on any atom is 0.0598 e. The summed E-state index contributed by atoms with van der Waals surface area (Å²) in [7, 11) is 1.74. The Labute approximate surface area is 82.6 Å². The molecule has 1 atom stereocenters. The zero-order chi connectivity index (χ0) is 10.5. The van der Waals surface area contributed by atoms with Crippen LogP contribution in [-0.2, 0) is 9.47 Å². The van der Waals surface area contributed by atoms with Gasteiger partial charge in [0.1, 0.15) is 0 Å². The SMILES string of the molecule is CCC(C)(COC)COC(C)(C)C. The summed E-state index contributed by atoms with van der Waals surface area (Å²) < 4.78 is 10.9. The molecule has 2 nitrogen and oxygen atoms in total. The van der Waals surface area contributed by atoms with E-state index < -0.39 is 0 Å². The zero-order valence-corrected chi connectivity index (χ0v) is 9.94. The van der Waals surface area contributed by atoms with Crippen molar-refractivity contribution in [2.45, 2.75) is 46.6 Å². The van der Waals surface area contributed by atoms with E-state index in [1.165, 1.54) is 0 Å². The number of hydrogen-bond acceptors (Lipinski definition) is 2. The summed E-state index contributed by atoms with van der Waals surface area (Å²) in [5, 5.41) is 0. The second-order valence-electron chi connectivity index (χ2n) is 5.00. The Morgan fingerprint density at radius 1 is 1.00 bits per heavy atom. The van der Waals surface area contributed by atoms with Crippen LogP contribution in [0.3, 0.4) is 0 Å². The van der Waals surface area contributed by atoms with E-state index >= 15 is 0 Å². The summed E-state index contributed by atoms with van der Waals surface area (Å²) in [6, 6.07) is 0. The van der Waals surface area contributed by atoms with Crippen molar-refractivity contribution >= 4 is 0 Å². The maximum absolute atomic E-state index is 5.76. The Hall–Kier alpha value is -0.0800. The lowest BCUT2D eigenvalue weighted by atomic mass is 9.89. The topological polar surface area (TPSA) is 18.5 Å². The van der Waals surface area contributed by atoms with Crippen molar-refractivity contribution < 1.29 is 9.47 Å². The van der Waals surface area contributed by atoms with Gasteiger partial charge < -0.3 is 9.47 Å². The molecule has 0 aliphatic heterocycles. The molecule has 0 aromatic rings. The molecule has 0 spiro atoms. The van der Waals surface area contributed by atoms with Crippen molar-refractivity contribution in [1.82, 2.24) is 0 Å². The Kier molecular flexibility index (Phi) is 4.93. The van der Waals surface area contributed by atoms with E-state index in [2.05, 4.69) is 34.6 Å². The second-order valence-corrected chi connectivity index (χ2v) is 5.00. The highest BCUT2D eigenvalue weighted by atomic mass is 16.5. The molecule has 13 heavy (non-hydrogen) atoms. The fourth-order valence-electron chi connectivity index (χ4n) is 0.985. The van der Waals surface area contributed by atoms with E-state index in [-0.39, 0.29) is 11.0 Å². The van der Waals surface area contributed by atoms with E-state index in [1.807, 2.05) is 0 Å². The lowest BCUT2D eigenvalue weighted by Gasteiger charge is -2.31. The van der Waals surface area contributed by atoms with Crippen LogP contribution in [0.1, 0.15) is 41.0 Å². The van der Waals surface area contributed by atoms with Crippen molar-refractivity contribution in [2.75, 3.05) is 20.3 Å². The fourth-order valence-corrected chi connectivity index (χ4v) is 0.985. The van der Waals surface area contributed by atoms with Gasteiger partial charge in [-0.2, -0.15) is 0 Å². The van der Waals surface area contributed by atoms with Crippen LogP contribution in [0.2, 0.25) is 0 Å². The van der Waals surface area contributed by atoms with Crippen LogP contribution in [-0.4, -0.2) is 25.9 Å². The Balaban J connectivity index is 3.97. The first-order chi connectivity index (χ1) is 5.83. The van der Waals surface area contributed by atoms with Gasteiger partial charge in [0.2, 0.25) is 0 Å². The minimum absolute atomic E-state index is 0.0514. The van der Waals surface area contributed by atoms with Gasteiger partial charge in [0.05, 0.1) is 18.8 Å². The van der Waals surface area contributed by atoms with E-state index in [4.69, 9.17) is 9.47 Å². The summed E-state index contributed by atoms with van der Waals surface area (Å²) in [6.07, 6.45) is 1.08. The molecule has 0 aromatic carbocycles. The molecule has 80 valence electrons. The van der Waals surface area contributed by atoms with E-state index in [1.54, 1.807) is 7.11 Å². The number of rotatable bonds is 5. The number of ether oxygens (including phenoxy) is 2.